The van der Waals surface area contributed by atoms with Crippen molar-refractivity contribution in [3.63, 3.8) is 0 Å². The third-order valence-corrected chi connectivity index (χ3v) is 3.72. The van der Waals surface area contributed by atoms with Crippen LogP contribution in [0.2, 0.25) is 0 Å². The summed E-state index contributed by atoms with van der Waals surface area (Å²) in [6, 6.07) is 9.16. The van der Waals surface area contributed by atoms with Gasteiger partial charge in [-0.25, -0.2) is 4.39 Å². The Morgan fingerprint density at radius 2 is 1.79 bits per heavy atom. The van der Waals surface area contributed by atoms with Gasteiger partial charge in [-0.2, -0.15) is 18.2 Å². The summed E-state index contributed by atoms with van der Waals surface area (Å²) in [5.74, 6) is -1.11. The monoisotopic (exact) mass is 395 g/mol. The van der Waals surface area contributed by atoms with Crippen molar-refractivity contribution in [2.24, 2.45) is 5.73 Å². The second kappa shape index (κ2) is 7.67. The van der Waals surface area contributed by atoms with E-state index in [1.807, 2.05) is 0 Å². The minimum atomic E-state index is -4.71. The Balaban J connectivity index is 1.93. The van der Waals surface area contributed by atoms with Crippen molar-refractivity contribution in [2.45, 2.75) is 6.18 Å². The van der Waals surface area contributed by atoms with Crippen LogP contribution in [0.15, 0.2) is 47.0 Å². The van der Waals surface area contributed by atoms with E-state index in [1.54, 1.807) is 0 Å². The Hall–Kier alpha value is -3.43. The average Bonchev–Trinajstić information content (AvgIpc) is 3.15. The molecule has 0 unspecified atom stereocenters. The Bertz CT molecular complexity index is 984. The topological polar surface area (TPSA) is 91.2 Å². The van der Waals surface area contributed by atoms with E-state index >= 15 is 0 Å². The predicted octanol–water partition coefficient (Wildman–Crippen LogP) is 3.87. The summed E-state index contributed by atoms with van der Waals surface area (Å²) in [5, 5.41) is 3.74. The van der Waals surface area contributed by atoms with Crippen LogP contribution in [0, 0.1) is 0 Å². The molecule has 0 spiro atoms. The molecule has 28 heavy (non-hydrogen) atoms. The number of halogens is 4. The molecule has 0 radical (unpaired) electrons. The maximum atomic E-state index is 13.3. The first-order valence-electron chi connectivity index (χ1n) is 7.94. The summed E-state index contributed by atoms with van der Waals surface area (Å²) in [4.78, 5) is 15.2. The Morgan fingerprint density at radius 3 is 2.39 bits per heavy atom. The molecule has 1 aromatic heterocycles. The van der Waals surface area contributed by atoms with Gasteiger partial charge >= 0.3 is 6.18 Å². The van der Waals surface area contributed by atoms with E-state index < -0.39 is 36.7 Å². The zero-order valence-corrected chi connectivity index (χ0v) is 14.2. The van der Waals surface area contributed by atoms with Gasteiger partial charge in [-0.3, -0.25) is 4.79 Å². The number of rotatable bonds is 6. The first-order valence-corrected chi connectivity index (χ1v) is 7.94. The molecule has 0 saturated heterocycles. The molecule has 1 amide bonds. The summed E-state index contributed by atoms with van der Waals surface area (Å²) < 4.78 is 61.9. The number of carbonyl (C=O) groups excluding carboxylic acids is 1. The molecule has 0 aliphatic heterocycles. The SMILES string of the molecule is NC(=O)c1ccc(-c2noc(-c3ccc(OCCF)c(C(F)(F)F)c3)n2)cc1. The number of alkyl halides is 4. The fourth-order valence-corrected chi connectivity index (χ4v) is 2.40. The summed E-state index contributed by atoms with van der Waals surface area (Å²) in [6.45, 7) is -1.41. The fraction of sp³-hybridized carbons (Fsp3) is 0.167. The van der Waals surface area contributed by atoms with Gasteiger partial charge in [-0.1, -0.05) is 17.3 Å². The second-order valence-electron chi connectivity index (χ2n) is 5.61. The lowest BCUT2D eigenvalue weighted by molar-refractivity contribution is -0.138. The van der Waals surface area contributed by atoms with Crippen LogP contribution >= 0.6 is 0 Å². The number of primary amides is 1. The summed E-state index contributed by atoms with van der Waals surface area (Å²) in [6.07, 6.45) is -4.71. The Labute approximate surface area is 155 Å². The summed E-state index contributed by atoms with van der Waals surface area (Å²) in [7, 11) is 0. The van der Waals surface area contributed by atoms with E-state index in [9.17, 15) is 22.4 Å². The smallest absolute Gasteiger partial charge is 0.419 e. The third kappa shape index (κ3) is 4.11. The zero-order valence-electron chi connectivity index (χ0n) is 14.2. The average molecular weight is 395 g/mol. The highest BCUT2D eigenvalue weighted by Gasteiger charge is 2.35. The van der Waals surface area contributed by atoms with Crippen molar-refractivity contribution in [3.8, 4) is 28.6 Å². The van der Waals surface area contributed by atoms with E-state index in [4.69, 9.17) is 15.0 Å². The lowest BCUT2D eigenvalue weighted by Crippen LogP contribution is -2.10. The van der Waals surface area contributed by atoms with Crippen LogP contribution in [0.5, 0.6) is 5.75 Å². The molecule has 2 aromatic carbocycles. The molecule has 10 heteroatoms. The number of amides is 1. The van der Waals surface area contributed by atoms with Gasteiger partial charge < -0.3 is 15.0 Å². The molecule has 3 aromatic rings. The van der Waals surface area contributed by atoms with Crippen LogP contribution in [0.1, 0.15) is 15.9 Å². The highest BCUT2D eigenvalue weighted by molar-refractivity contribution is 5.93. The molecule has 0 saturated carbocycles. The van der Waals surface area contributed by atoms with E-state index in [2.05, 4.69) is 10.1 Å². The number of hydrogen-bond acceptors (Lipinski definition) is 5. The molecular weight excluding hydrogens is 382 g/mol. The Morgan fingerprint density at radius 1 is 1.11 bits per heavy atom. The minimum Gasteiger partial charge on any atom is -0.490 e. The molecule has 0 aliphatic rings. The molecule has 3 rings (SSSR count). The molecule has 0 aliphatic carbocycles. The maximum absolute atomic E-state index is 13.3. The van der Waals surface area contributed by atoms with Crippen LogP contribution < -0.4 is 10.5 Å². The van der Waals surface area contributed by atoms with Gasteiger partial charge in [0.25, 0.3) is 5.89 Å². The lowest BCUT2D eigenvalue weighted by Gasteiger charge is -2.13. The molecular formula is C18H13F4N3O3. The highest BCUT2D eigenvalue weighted by Crippen LogP contribution is 2.38. The second-order valence-corrected chi connectivity index (χ2v) is 5.61. The lowest BCUT2D eigenvalue weighted by atomic mass is 10.1. The highest BCUT2D eigenvalue weighted by atomic mass is 19.4. The molecule has 146 valence electrons. The van der Waals surface area contributed by atoms with Crippen LogP contribution in [-0.4, -0.2) is 29.3 Å². The molecule has 0 fully saturated rings. The van der Waals surface area contributed by atoms with E-state index in [0.29, 0.717) is 5.56 Å². The van der Waals surface area contributed by atoms with Crippen molar-refractivity contribution >= 4 is 5.91 Å². The van der Waals surface area contributed by atoms with Gasteiger partial charge in [0.1, 0.15) is 19.0 Å². The number of nitrogens with two attached hydrogens (primary N) is 1. The fourth-order valence-electron chi connectivity index (χ4n) is 2.40. The van der Waals surface area contributed by atoms with E-state index in [-0.39, 0.29) is 22.8 Å². The van der Waals surface area contributed by atoms with E-state index in [0.717, 1.165) is 12.1 Å². The van der Waals surface area contributed by atoms with Crippen molar-refractivity contribution in [1.82, 2.24) is 10.1 Å². The van der Waals surface area contributed by atoms with Crippen molar-refractivity contribution < 1.29 is 31.6 Å². The number of ether oxygens (including phenoxy) is 1. The number of carbonyl (C=O) groups is 1. The standard InChI is InChI=1S/C18H13F4N3O3/c19-7-8-27-14-6-5-12(9-13(14)18(20,21)22)17-24-16(25-28-17)11-3-1-10(2-4-11)15(23)26/h1-6,9H,7-8H2,(H2,23,26). The molecule has 0 atom stereocenters. The van der Waals surface area contributed by atoms with Gasteiger partial charge in [0.2, 0.25) is 11.7 Å². The zero-order chi connectivity index (χ0) is 20.3. The molecule has 6 nitrogen and oxygen atoms in total. The van der Waals surface area contributed by atoms with Gasteiger partial charge in [-0.05, 0) is 30.3 Å². The molecule has 2 N–H and O–H groups in total. The van der Waals surface area contributed by atoms with Gasteiger partial charge in [0.05, 0.1) is 5.56 Å². The van der Waals surface area contributed by atoms with Crippen LogP contribution in [0.4, 0.5) is 17.6 Å². The van der Waals surface area contributed by atoms with Crippen molar-refractivity contribution in [2.75, 3.05) is 13.3 Å². The number of benzene rings is 2. The van der Waals surface area contributed by atoms with Gasteiger partial charge in [0.15, 0.2) is 0 Å². The van der Waals surface area contributed by atoms with E-state index in [1.165, 1.54) is 30.3 Å². The van der Waals surface area contributed by atoms with Crippen LogP contribution in [0.3, 0.4) is 0 Å². The summed E-state index contributed by atoms with van der Waals surface area (Å²) in [5.41, 5.74) is 4.87. The minimum absolute atomic E-state index is 0.0208. The predicted molar refractivity (Wildman–Crippen MR) is 90.2 cm³/mol. The number of hydrogen-bond donors (Lipinski definition) is 1. The Kier molecular flexibility index (Phi) is 5.30. The van der Waals surface area contributed by atoms with Crippen LogP contribution in [0.25, 0.3) is 22.8 Å². The largest absolute Gasteiger partial charge is 0.490 e. The number of nitrogens with zero attached hydrogens (tertiary/aromatic N) is 2. The van der Waals surface area contributed by atoms with Crippen LogP contribution in [-0.2, 0) is 6.18 Å². The third-order valence-electron chi connectivity index (χ3n) is 3.72. The normalized spacial score (nSPS) is 11.4. The first kappa shape index (κ1) is 19.3. The van der Waals surface area contributed by atoms with Crippen molar-refractivity contribution in [3.05, 3.63) is 53.6 Å². The molecule has 0 bridgehead atoms. The first-order chi connectivity index (χ1) is 13.3. The number of aromatic nitrogens is 2. The maximum Gasteiger partial charge on any atom is 0.419 e. The molecule has 1 heterocycles. The quantitative estimate of drug-likeness (QED) is 0.640. The van der Waals surface area contributed by atoms with Crippen molar-refractivity contribution in [1.29, 1.82) is 0 Å². The van der Waals surface area contributed by atoms with Gasteiger partial charge in [-0.15, -0.1) is 0 Å². The van der Waals surface area contributed by atoms with Gasteiger partial charge in [0, 0.05) is 16.7 Å². The summed E-state index contributed by atoms with van der Waals surface area (Å²) >= 11 is 0.